The summed E-state index contributed by atoms with van der Waals surface area (Å²) in [6.45, 7) is 2.37. The number of nitrogens with zero attached hydrogens (tertiary/aromatic N) is 3. The Bertz CT molecular complexity index is 1240. The second-order valence-corrected chi connectivity index (χ2v) is 9.99. The smallest absolute Gasteiger partial charge is 0.239 e. The first-order valence-electron chi connectivity index (χ1n) is 9.41. The molecule has 0 radical (unpaired) electrons. The zero-order chi connectivity index (χ0) is 22.2. The number of fused-ring (bicyclic) bond motifs is 1. The summed E-state index contributed by atoms with van der Waals surface area (Å²) in [5, 5.41) is 14.3. The summed E-state index contributed by atoms with van der Waals surface area (Å²) >= 11 is 6.06. The van der Waals surface area contributed by atoms with E-state index in [1.54, 1.807) is 18.2 Å². The molecular formula is C20H22ClN5O4S. The van der Waals surface area contributed by atoms with Crippen LogP contribution in [0.25, 0.3) is 10.9 Å². The van der Waals surface area contributed by atoms with Gasteiger partial charge in [0, 0.05) is 27.0 Å². The molecule has 0 amide bonds. The number of nitrogens with one attached hydrogen (secondary N) is 2. The maximum Gasteiger partial charge on any atom is 0.239 e. The average Bonchev–Trinajstić information content (AvgIpc) is 3.07. The Morgan fingerprint density at radius 3 is 2.84 bits per heavy atom. The highest BCUT2D eigenvalue weighted by atomic mass is 35.5. The predicted octanol–water partition coefficient (Wildman–Crippen LogP) is 2.54. The van der Waals surface area contributed by atoms with Crippen LogP contribution in [0.5, 0.6) is 5.88 Å². The van der Waals surface area contributed by atoms with Crippen LogP contribution in [0.4, 0.5) is 17.2 Å². The summed E-state index contributed by atoms with van der Waals surface area (Å²) < 4.78 is 26.0. The van der Waals surface area contributed by atoms with Crippen molar-refractivity contribution in [3.8, 4) is 5.88 Å². The quantitative estimate of drug-likeness (QED) is 0.377. The Morgan fingerprint density at radius 2 is 2.13 bits per heavy atom. The molecule has 164 valence electrons. The zero-order valence-electron chi connectivity index (χ0n) is 17.0. The van der Waals surface area contributed by atoms with E-state index >= 15 is 0 Å². The number of aliphatic hydroxyl groups is 1. The molecule has 0 spiro atoms. The van der Waals surface area contributed by atoms with Crippen molar-refractivity contribution in [1.82, 2.24) is 15.0 Å². The number of hydrogen-bond acceptors (Lipinski definition) is 8. The molecule has 3 unspecified atom stereocenters. The topological polar surface area (TPSA) is 118 Å². The fraction of sp³-hybridized carbons (Fsp3) is 0.300. The van der Waals surface area contributed by atoms with Crippen LogP contribution in [0.2, 0.25) is 5.15 Å². The van der Waals surface area contributed by atoms with Crippen LogP contribution < -0.4 is 14.8 Å². The lowest BCUT2D eigenvalue weighted by Crippen LogP contribution is -2.30. The molecule has 3 atom stereocenters. The zero-order valence-corrected chi connectivity index (χ0v) is 18.5. The van der Waals surface area contributed by atoms with Gasteiger partial charge in [-0.15, -0.1) is 0 Å². The Morgan fingerprint density at radius 1 is 1.32 bits per heavy atom. The van der Waals surface area contributed by atoms with Gasteiger partial charge in [0.2, 0.25) is 5.88 Å². The summed E-state index contributed by atoms with van der Waals surface area (Å²) in [6, 6.07) is 6.99. The third-order valence-corrected chi connectivity index (χ3v) is 5.49. The number of aryl methyl sites for hydroxylation is 1. The molecule has 0 saturated carbocycles. The molecule has 1 fully saturated rings. The molecule has 1 aromatic carbocycles. The first-order chi connectivity index (χ1) is 14.7. The van der Waals surface area contributed by atoms with Gasteiger partial charge in [-0.05, 0) is 42.6 Å². The van der Waals surface area contributed by atoms with Gasteiger partial charge in [0.05, 0.1) is 18.7 Å². The lowest BCUT2D eigenvalue weighted by Gasteiger charge is -2.18. The number of aromatic nitrogens is 3. The maximum atomic E-state index is 12.0. The molecule has 3 N–H and O–H groups in total. The van der Waals surface area contributed by atoms with Gasteiger partial charge in [-0.3, -0.25) is 0 Å². The summed E-state index contributed by atoms with van der Waals surface area (Å²) in [5.41, 5.74) is 2.72. The maximum absolute atomic E-state index is 12.0. The molecule has 1 saturated heterocycles. The SMILES string of the molecule is C=S(C)(=O)Nc1cc(C)c2c(Nc3ccc(Cl)nc3OC3COCC3O)ncnc2c1. The molecule has 3 heterocycles. The highest BCUT2D eigenvalue weighted by Gasteiger charge is 2.29. The standard InChI is InChI=1S/C20H22ClN5O4S/c1-11-6-12(26-31(2,3)28)7-14-18(11)19(23-10-22-14)24-13-4-5-17(21)25-20(13)30-16-9-29-8-15(16)27/h4-7,10,15-16,27H,2,8-9H2,1,3H3,(H,26,28)(H,22,23,24). The summed E-state index contributed by atoms with van der Waals surface area (Å²) in [4.78, 5) is 13.0. The van der Waals surface area contributed by atoms with Crippen molar-refractivity contribution < 1.29 is 18.8 Å². The summed E-state index contributed by atoms with van der Waals surface area (Å²) in [6.07, 6.45) is 1.67. The highest BCUT2D eigenvalue weighted by Crippen LogP contribution is 2.33. The van der Waals surface area contributed by atoms with E-state index in [1.165, 1.54) is 12.6 Å². The Kier molecular flexibility index (Phi) is 5.89. The van der Waals surface area contributed by atoms with Crippen LogP contribution >= 0.6 is 11.6 Å². The average molecular weight is 464 g/mol. The third kappa shape index (κ3) is 4.99. The summed E-state index contributed by atoms with van der Waals surface area (Å²) in [7, 11) is -2.42. The minimum atomic E-state index is -2.42. The number of pyridine rings is 1. The van der Waals surface area contributed by atoms with Gasteiger partial charge in [-0.2, -0.15) is 4.98 Å². The second kappa shape index (κ2) is 8.46. The van der Waals surface area contributed by atoms with Crippen LogP contribution in [0.15, 0.2) is 30.6 Å². The van der Waals surface area contributed by atoms with E-state index in [-0.39, 0.29) is 24.2 Å². The largest absolute Gasteiger partial charge is 0.468 e. The second-order valence-electron chi connectivity index (χ2n) is 7.39. The number of hydrogen-bond donors (Lipinski definition) is 3. The molecule has 0 bridgehead atoms. The Hall–Kier alpha value is -2.66. The molecule has 1 aliphatic rings. The van der Waals surface area contributed by atoms with E-state index in [0.29, 0.717) is 22.7 Å². The van der Waals surface area contributed by atoms with E-state index in [4.69, 9.17) is 21.1 Å². The van der Waals surface area contributed by atoms with Crippen molar-refractivity contribution in [2.75, 3.05) is 29.5 Å². The molecular weight excluding hydrogens is 442 g/mol. The fourth-order valence-corrected chi connectivity index (χ4v) is 4.06. The predicted molar refractivity (Wildman–Crippen MR) is 123 cm³/mol. The first kappa shape index (κ1) is 21.6. The van der Waals surface area contributed by atoms with E-state index in [2.05, 4.69) is 30.9 Å². The minimum Gasteiger partial charge on any atom is -0.468 e. The van der Waals surface area contributed by atoms with Crippen molar-refractivity contribution >= 4 is 55.3 Å². The lowest BCUT2D eigenvalue weighted by molar-refractivity contribution is 0.0709. The number of anilines is 3. The van der Waals surface area contributed by atoms with Crippen molar-refractivity contribution in [2.24, 2.45) is 0 Å². The molecule has 4 rings (SSSR count). The van der Waals surface area contributed by atoms with Gasteiger partial charge in [-0.1, -0.05) is 11.6 Å². The molecule has 0 aliphatic carbocycles. The Balaban J connectivity index is 1.70. The number of ether oxygens (including phenoxy) is 2. The molecule has 11 heteroatoms. The van der Waals surface area contributed by atoms with Gasteiger partial charge in [-0.25, -0.2) is 14.2 Å². The summed E-state index contributed by atoms with van der Waals surface area (Å²) in [5.74, 6) is 4.40. The van der Waals surface area contributed by atoms with Crippen molar-refractivity contribution in [3.63, 3.8) is 0 Å². The minimum absolute atomic E-state index is 0.206. The van der Waals surface area contributed by atoms with Crippen molar-refractivity contribution in [2.45, 2.75) is 19.1 Å². The van der Waals surface area contributed by atoms with Crippen LogP contribution in [-0.4, -0.2) is 61.8 Å². The molecule has 3 aromatic rings. The van der Waals surface area contributed by atoms with Crippen LogP contribution in [-0.2, 0) is 14.4 Å². The van der Waals surface area contributed by atoms with Crippen LogP contribution in [0.3, 0.4) is 0 Å². The number of aliphatic hydroxyl groups excluding tert-OH is 1. The Labute approximate surface area is 184 Å². The van der Waals surface area contributed by atoms with Crippen molar-refractivity contribution in [1.29, 1.82) is 0 Å². The van der Waals surface area contributed by atoms with E-state index in [1.807, 2.05) is 13.0 Å². The number of halogens is 1. The number of rotatable bonds is 6. The highest BCUT2D eigenvalue weighted by molar-refractivity contribution is 8.00. The number of benzene rings is 1. The van der Waals surface area contributed by atoms with Crippen LogP contribution in [0.1, 0.15) is 5.56 Å². The van der Waals surface area contributed by atoms with E-state index in [0.717, 1.165) is 10.9 Å². The van der Waals surface area contributed by atoms with Gasteiger partial charge >= 0.3 is 0 Å². The van der Waals surface area contributed by atoms with Gasteiger partial charge in [0.1, 0.15) is 29.1 Å². The first-order valence-corrected chi connectivity index (χ1v) is 11.9. The van der Waals surface area contributed by atoms with E-state index in [9.17, 15) is 9.32 Å². The van der Waals surface area contributed by atoms with Crippen LogP contribution in [0, 0.1) is 6.92 Å². The van der Waals surface area contributed by atoms with Gasteiger partial charge in [0.25, 0.3) is 0 Å². The molecule has 1 aliphatic heterocycles. The van der Waals surface area contributed by atoms with Crippen molar-refractivity contribution in [3.05, 3.63) is 41.3 Å². The fourth-order valence-electron chi connectivity index (χ4n) is 3.30. The lowest BCUT2D eigenvalue weighted by atomic mass is 10.1. The monoisotopic (exact) mass is 463 g/mol. The molecule has 2 aromatic heterocycles. The molecule has 31 heavy (non-hydrogen) atoms. The molecule has 9 nitrogen and oxygen atoms in total. The normalized spacial score (nSPS) is 20.4. The van der Waals surface area contributed by atoms with E-state index < -0.39 is 21.9 Å². The third-order valence-electron chi connectivity index (χ3n) is 4.61. The van der Waals surface area contributed by atoms with Gasteiger partial charge < -0.3 is 24.6 Å². The van der Waals surface area contributed by atoms with Gasteiger partial charge in [0.15, 0.2) is 6.10 Å².